The van der Waals surface area contributed by atoms with Crippen molar-refractivity contribution in [2.24, 2.45) is 0 Å². The molecule has 0 aromatic heterocycles. The molecule has 1 rings (SSSR count). The number of ether oxygens (including phenoxy) is 1. The zero-order valence-electron chi connectivity index (χ0n) is 12.3. The lowest BCUT2D eigenvalue weighted by Crippen LogP contribution is -2.35. The number of benzene rings is 1. The third-order valence-corrected chi connectivity index (χ3v) is 2.77. The van der Waals surface area contributed by atoms with Crippen molar-refractivity contribution < 1.29 is 19.2 Å². The van der Waals surface area contributed by atoms with Crippen LogP contribution in [0.25, 0.3) is 0 Å². The highest BCUT2D eigenvalue weighted by atomic mass is 16.6. The van der Waals surface area contributed by atoms with E-state index in [0.717, 1.165) is 6.07 Å². The topological polar surface area (TPSA) is 111 Å². The summed E-state index contributed by atoms with van der Waals surface area (Å²) < 4.78 is 4.98. The molecule has 0 aliphatic rings. The average molecular weight is 307 g/mol. The van der Waals surface area contributed by atoms with Gasteiger partial charge in [-0.2, -0.15) is 0 Å². The maximum absolute atomic E-state index is 11.9. The number of hydrogen-bond donors (Lipinski definition) is 2. The molecular formula is C14H17N3O5. The first-order valence-corrected chi connectivity index (χ1v) is 6.46. The molecular weight excluding hydrogens is 290 g/mol. The summed E-state index contributed by atoms with van der Waals surface area (Å²) in [6.45, 7) is 5.11. The number of amides is 1. The minimum atomic E-state index is -1.02. The summed E-state index contributed by atoms with van der Waals surface area (Å²) in [6, 6.07) is 3.88. The number of nitrogens with one attached hydrogen (secondary N) is 2. The summed E-state index contributed by atoms with van der Waals surface area (Å²) in [4.78, 5) is 33.9. The van der Waals surface area contributed by atoms with Crippen LogP contribution in [0.3, 0.4) is 0 Å². The van der Waals surface area contributed by atoms with Crippen LogP contribution in [0.5, 0.6) is 0 Å². The minimum absolute atomic E-state index is 0.00549. The normalized spacial score (nSPS) is 11.2. The quantitative estimate of drug-likeness (QED) is 0.342. The maximum Gasteiger partial charge on any atom is 0.339 e. The minimum Gasteiger partial charge on any atom is -0.449 e. The van der Waals surface area contributed by atoms with Crippen LogP contribution in [-0.2, 0) is 9.53 Å². The van der Waals surface area contributed by atoms with Crippen molar-refractivity contribution in [3.63, 3.8) is 0 Å². The smallest absolute Gasteiger partial charge is 0.339 e. The molecule has 0 saturated carbocycles. The monoisotopic (exact) mass is 307 g/mol. The summed E-state index contributed by atoms with van der Waals surface area (Å²) in [5.74, 6) is -1.29. The number of carbonyl (C=O) groups excluding carboxylic acids is 2. The van der Waals surface area contributed by atoms with Gasteiger partial charge in [0.05, 0.1) is 10.5 Å². The first kappa shape index (κ1) is 17.2. The Hall–Kier alpha value is -2.90. The van der Waals surface area contributed by atoms with E-state index >= 15 is 0 Å². The molecule has 1 aromatic carbocycles. The number of rotatable bonds is 7. The summed E-state index contributed by atoms with van der Waals surface area (Å²) >= 11 is 0. The van der Waals surface area contributed by atoms with Crippen LogP contribution < -0.4 is 10.6 Å². The molecule has 0 fully saturated rings. The molecule has 0 aliphatic carbocycles. The van der Waals surface area contributed by atoms with E-state index in [1.807, 2.05) is 0 Å². The van der Waals surface area contributed by atoms with Crippen molar-refractivity contribution in [1.82, 2.24) is 5.32 Å². The molecule has 2 N–H and O–H groups in total. The van der Waals surface area contributed by atoms with Gasteiger partial charge in [0.25, 0.3) is 11.6 Å². The number of anilines is 1. The molecule has 8 nitrogen and oxygen atoms in total. The third-order valence-electron chi connectivity index (χ3n) is 2.77. The summed E-state index contributed by atoms with van der Waals surface area (Å²) in [5, 5.41) is 16.1. The van der Waals surface area contributed by atoms with Gasteiger partial charge in [-0.05, 0) is 19.1 Å². The van der Waals surface area contributed by atoms with Gasteiger partial charge in [0, 0.05) is 19.7 Å². The van der Waals surface area contributed by atoms with E-state index in [2.05, 4.69) is 17.2 Å². The molecule has 22 heavy (non-hydrogen) atoms. The zero-order chi connectivity index (χ0) is 16.7. The first-order chi connectivity index (χ1) is 10.4. The SMILES string of the molecule is C=CCNC(=O)C(C)OC(=O)c1ccc(NC)c([N+](=O)[O-])c1. The van der Waals surface area contributed by atoms with Gasteiger partial charge in [-0.3, -0.25) is 14.9 Å². The Morgan fingerprint density at radius 2 is 2.18 bits per heavy atom. The van der Waals surface area contributed by atoms with E-state index in [1.54, 1.807) is 0 Å². The number of nitrogens with zero attached hydrogens (tertiary/aromatic N) is 1. The molecule has 0 bridgehead atoms. The largest absolute Gasteiger partial charge is 0.449 e. The fourth-order valence-electron chi connectivity index (χ4n) is 1.62. The van der Waals surface area contributed by atoms with E-state index in [4.69, 9.17) is 4.74 Å². The highest BCUT2D eigenvalue weighted by Gasteiger charge is 2.21. The second kappa shape index (κ2) is 7.77. The van der Waals surface area contributed by atoms with Crippen molar-refractivity contribution in [1.29, 1.82) is 0 Å². The van der Waals surface area contributed by atoms with Crippen LogP contribution in [0.15, 0.2) is 30.9 Å². The Morgan fingerprint density at radius 3 is 2.73 bits per heavy atom. The lowest BCUT2D eigenvalue weighted by atomic mass is 10.1. The molecule has 0 spiro atoms. The Morgan fingerprint density at radius 1 is 1.50 bits per heavy atom. The third kappa shape index (κ3) is 4.30. The van der Waals surface area contributed by atoms with Crippen LogP contribution >= 0.6 is 0 Å². The van der Waals surface area contributed by atoms with Gasteiger partial charge < -0.3 is 15.4 Å². The fourth-order valence-corrected chi connectivity index (χ4v) is 1.62. The van der Waals surface area contributed by atoms with Crippen LogP contribution in [0.1, 0.15) is 17.3 Å². The molecule has 0 saturated heterocycles. The van der Waals surface area contributed by atoms with Crippen LogP contribution in [0.4, 0.5) is 11.4 Å². The van der Waals surface area contributed by atoms with Crippen molar-refractivity contribution in [3.05, 3.63) is 46.5 Å². The molecule has 0 radical (unpaired) electrons. The van der Waals surface area contributed by atoms with Gasteiger partial charge in [-0.15, -0.1) is 6.58 Å². The molecule has 118 valence electrons. The Kier molecular flexibility index (Phi) is 6.06. The molecule has 0 aliphatic heterocycles. The second-order valence-corrected chi connectivity index (χ2v) is 4.32. The van der Waals surface area contributed by atoms with Gasteiger partial charge in [-0.25, -0.2) is 4.79 Å². The summed E-state index contributed by atoms with van der Waals surface area (Å²) in [5.41, 5.74) is 0.0214. The number of hydrogen-bond acceptors (Lipinski definition) is 6. The van der Waals surface area contributed by atoms with Gasteiger partial charge in [0.2, 0.25) is 0 Å². The lowest BCUT2D eigenvalue weighted by molar-refractivity contribution is -0.384. The van der Waals surface area contributed by atoms with Crippen LogP contribution in [0.2, 0.25) is 0 Å². The lowest BCUT2D eigenvalue weighted by Gasteiger charge is -2.13. The average Bonchev–Trinajstić information content (AvgIpc) is 2.51. The molecule has 8 heteroatoms. The Labute approximate surface area is 127 Å². The van der Waals surface area contributed by atoms with Crippen molar-refractivity contribution in [2.45, 2.75) is 13.0 Å². The van der Waals surface area contributed by atoms with Crippen molar-refractivity contribution in [3.8, 4) is 0 Å². The Bertz CT molecular complexity index is 600. The molecule has 1 aromatic rings. The van der Waals surface area contributed by atoms with E-state index < -0.39 is 22.9 Å². The van der Waals surface area contributed by atoms with Crippen molar-refractivity contribution >= 4 is 23.3 Å². The number of carbonyl (C=O) groups is 2. The predicted octanol–water partition coefficient (Wildman–Crippen LogP) is 1.48. The second-order valence-electron chi connectivity index (χ2n) is 4.32. The van der Waals surface area contributed by atoms with Gasteiger partial charge in [0.1, 0.15) is 5.69 Å². The summed E-state index contributed by atoms with van der Waals surface area (Å²) in [7, 11) is 1.53. The van der Waals surface area contributed by atoms with Crippen molar-refractivity contribution in [2.75, 3.05) is 18.9 Å². The predicted molar refractivity (Wildman–Crippen MR) is 80.7 cm³/mol. The van der Waals surface area contributed by atoms with E-state index in [0.29, 0.717) is 0 Å². The number of esters is 1. The number of nitro groups is 1. The highest BCUT2D eigenvalue weighted by molar-refractivity contribution is 5.93. The Balaban J connectivity index is 2.85. The van der Waals surface area contributed by atoms with Gasteiger partial charge >= 0.3 is 5.97 Å². The summed E-state index contributed by atoms with van der Waals surface area (Å²) in [6.07, 6.45) is 0.474. The zero-order valence-corrected chi connectivity index (χ0v) is 12.3. The maximum atomic E-state index is 11.9. The molecule has 0 heterocycles. The highest BCUT2D eigenvalue weighted by Crippen LogP contribution is 2.25. The van der Waals surface area contributed by atoms with E-state index in [9.17, 15) is 19.7 Å². The van der Waals surface area contributed by atoms with Crippen LogP contribution in [-0.4, -0.2) is 36.5 Å². The van der Waals surface area contributed by atoms with Gasteiger partial charge in [0.15, 0.2) is 6.10 Å². The molecule has 1 atom stereocenters. The number of nitro benzene ring substituents is 1. The standard InChI is InChI=1S/C14H17N3O5/c1-4-7-16-13(18)9(2)22-14(19)10-5-6-11(15-3)12(8-10)17(20)21/h4-6,8-9,15H,1,7H2,2-3H3,(H,16,18). The fraction of sp³-hybridized carbons (Fsp3) is 0.286. The molecule has 1 amide bonds. The van der Waals surface area contributed by atoms with E-state index in [-0.39, 0.29) is 23.5 Å². The van der Waals surface area contributed by atoms with Crippen LogP contribution in [0, 0.1) is 10.1 Å². The first-order valence-electron chi connectivity index (χ1n) is 6.46. The van der Waals surface area contributed by atoms with E-state index in [1.165, 1.54) is 32.2 Å². The van der Waals surface area contributed by atoms with Gasteiger partial charge in [-0.1, -0.05) is 6.08 Å². The molecule has 1 unspecified atom stereocenters.